The van der Waals surface area contributed by atoms with Crippen LogP contribution in [0.15, 0.2) is 35.4 Å². The first-order valence-electron chi connectivity index (χ1n) is 10.6. The van der Waals surface area contributed by atoms with E-state index in [1.165, 1.54) is 12.8 Å². The lowest BCUT2D eigenvalue weighted by Crippen LogP contribution is -2.31. The highest BCUT2D eigenvalue weighted by molar-refractivity contribution is 5.92. The Morgan fingerprint density at radius 2 is 2.10 bits per heavy atom. The van der Waals surface area contributed by atoms with E-state index in [0.717, 1.165) is 30.9 Å². The Morgan fingerprint density at radius 3 is 2.90 bits per heavy atom. The van der Waals surface area contributed by atoms with Crippen LogP contribution in [0.3, 0.4) is 0 Å². The molecule has 2 saturated heterocycles. The second-order valence-electron chi connectivity index (χ2n) is 8.08. The third-order valence-electron chi connectivity index (χ3n) is 5.64. The van der Waals surface area contributed by atoms with Crippen LogP contribution in [0.4, 0.5) is 5.82 Å². The molecule has 3 aromatic heterocycles. The smallest absolute Gasteiger partial charge is 0.276 e. The third kappa shape index (κ3) is 4.37. The summed E-state index contributed by atoms with van der Waals surface area (Å²) in [6, 6.07) is 3.57. The molecule has 5 rings (SSSR count). The van der Waals surface area contributed by atoms with Crippen molar-refractivity contribution in [3.63, 3.8) is 0 Å². The number of anilines is 1. The van der Waals surface area contributed by atoms with E-state index in [0.29, 0.717) is 37.0 Å². The van der Waals surface area contributed by atoms with Gasteiger partial charge >= 0.3 is 0 Å². The van der Waals surface area contributed by atoms with Crippen molar-refractivity contribution >= 4 is 11.7 Å². The molecule has 2 fully saturated rings. The fourth-order valence-electron chi connectivity index (χ4n) is 4.06. The molecule has 0 bridgehead atoms. The normalized spacial score (nSPS) is 18.7. The Labute approximate surface area is 179 Å². The van der Waals surface area contributed by atoms with Crippen molar-refractivity contribution in [2.24, 2.45) is 0 Å². The Bertz CT molecular complexity index is 1060. The van der Waals surface area contributed by atoms with Crippen molar-refractivity contribution in [1.82, 2.24) is 29.8 Å². The average molecular weight is 423 g/mol. The topological polar surface area (TPSA) is 102 Å². The Hall–Kier alpha value is -3.43. The Morgan fingerprint density at radius 1 is 1.23 bits per heavy atom. The van der Waals surface area contributed by atoms with Crippen molar-refractivity contribution in [3.8, 4) is 5.88 Å². The summed E-state index contributed by atoms with van der Waals surface area (Å²) in [5.41, 5.74) is 1.37. The van der Waals surface area contributed by atoms with E-state index >= 15 is 0 Å². The number of aromatic nitrogens is 5. The van der Waals surface area contributed by atoms with Gasteiger partial charge in [0.05, 0.1) is 12.7 Å². The predicted molar refractivity (Wildman–Crippen MR) is 111 cm³/mol. The molecule has 1 atom stereocenters. The van der Waals surface area contributed by atoms with Crippen LogP contribution < -0.4 is 9.64 Å². The molecule has 0 aromatic carbocycles. The van der Waals surface area contributed by atoms with Crippen molar-refractivity contribution in [2.45, 2.75) is 38.8 Å². The first-order valence-corrected chi connectivity index (χ1v) is 10.6. The molecule has 2 aliphatic heterocycles. The molecule has 162 valence electrons. The molecule has 5 heterocycles. The Kier molecular flexibility index (Phi) is 5.27. The van der Waals surface area contributed by atoms with Gasteiger partial charge in [-0.2, -0.15) is 5.10 Å². The van der Waals surface area contributed by atoms with E-state index in [4.69, 9.17) is 9.26 Å². The highest BCUT2D eigenvalue weighted by Crippen LogP contribution is 2.23. The zero-order chi connectivity index (χ0) is 21.2. The minimum atomic E-state index is -0.154. The number of nitrogens with zero attached hydrogens (tertiary/aromatic N) is 7. The largest absolute Gasteiger partial charge is 0.472 e. The van der Waals surface area contributed by atoms with Crippen LogP contribution in [0.2, 0.25) is 0 Å². The monoisotopic (exact) mass is 423 g/mol. The zero-order valence-electron chi connectivity index (χ0n) is 17.5. The van der Waals surface area contributed by atoms with Crippen LogP contribution in [-0.4, -0.2) is 68.0 Å². The molecule has 0 aliphatic carbocycles. The summed E-state index contributed by atoms with van der Waals surface area (Å²) in [5, 5.41) is 8.18. The number of rotatable bonds is 6. The van der Waals surface area contributed by atoms with E-state index in [1.54, 1.807) is 28.2 Å². The number of carbonyl (C=O) groups excluding carboxylic acids is 1. The number of hydrogen-bond acceptors (Lipinski definition) is 8. The summed E-state index contributed by atoms with van der Waals surface area (Å²) < 4.78 is 13.1. The summed E-state index contributed by atoms with van der Waals surface area (Å²) in [6.45, 7) is 5.53. The minimum Gasteiger partial charge on any atom is -0.472 e. The summed E-state index contributed by atoms with van der Waals surface area (Å²) in [5.74, 6) is 1.89. The van der Waals surface area contributed by atoms with Crippen LogP contribution in [0, 0.1) is 6.92 Å². The van der Waals surface area contributed by atoms with Gasteiger partial charge in [-0.05, 0) is 25.3 Å². The molecular formula is C21H25N7O3. The second-order valence-corrected chi connectivity index (χ2v) is 8.08. The number of amides is 1. The van der Waals surface area contributed by atoms with Gasteiger partial charge in [-0.3, -0.25) is 9.48 Å². The van der Waals surface area contributed by atoms with E-state index in [9.17, 15) is 4.79 Å². The lowest BCUT2D eigenvalue weighted by molar-refractivity contribution is 0.0761. The number of likely N-dealkylation sites (tertiary alicyclic amines) is 1. The van der Waals surface area contributed by atoms with E-state index in [-0.39, 0.29) is 12.0 Å². The molecule has 0 saturated carbocycles. The summed E-state index contributed by atoms with van der Waals surface area (Å²) >= 11 is 0. The maximum Gasteiger partial charge on any atom is 0.276 e. The van der Waals surface area contributed by atoms with Gasteiger partial charge in [0.25, 0.3) is 5.91 Å². The van der Waals surface area contributed by atoms with Crippen LogP contribution in [-0.2, 0) is 6.54 Å². The van der Waals surface area contributed by atoms with Crippen LogP contribution in [0.5, 0.6) is 5.88 Å². The van der Waals surface area contributed by atoms with Crippen molar-refractivity contribution in [2.75, 3.05) is 31.1 Å². The number of carbonyl (C=O) groups is 1. The summed E-state index contributed by atoms with van der Waals surface area (Å²) in [7, 11) is 0. The number of hydrogen-bond donors (Lipinski definition) is 0. The fraction of sp³-hybridized carbons (Fsp3) is 0.476. The van der Waals surface area contributed by atoms with E-state index in [2.05, 4.69) is 25.1 Å². The second kappa shape index (κ2) is 8.37. The number of ether oxygens (including phenoxy) is 1. The van der Waals surface area contributed by atoms with Crippen molar-refractivity contribution in [3.05, 3.63) is 47.9 Å². The quantitative estimate of drug-likeness (QED) is 0.592. The standard InChI is InChI=1S/C21H25N7O3/c1-15-10-24-28(11-15)13-17-8-18(25-31-17)21(29)27-7-4-16(12-27)30-20-9-19(22-14-23-20)26-5-2-3-6-26/h8-11,14,16H,2-7,12-13H2,1H3. The first-order chi connectivity index (χ1) is 15.1. The third-order valence-corrected chi connectivity index (χ3v) is 5.64. The molecule has 0 spiro atoms. The lowest BCUT2D eigenvalue weighted by atomic mass is 10.3. The van der Waals surface area contributed by atoms with Crippen LogP contribution >= 0.6 is 0 Å². The first kappa shape index (κ1) is 19.5. The highest BCUT2D eigenvalue weighted by atomic mass is 16.5. The SMILES string of the molecule is Cc1cnn(Cc2cc(C(=O)N3CCC(Oc4cc(N5CCCC5)ncn4)C3)no2)c1. The van der Waals surface area contributed by atoms with Crippen molar-refractivity contribution < 1.29 is 14.1 Å². The van der Waals surface area contributed by atoms with Crippen molar-refractivity contribution in [1.29, 1.82) is 0 Å². The molecule has 10 heteroatoms. The molecule has 0 N–H and O–H groups in total. The molecule has 31 heavy (non-hydrogen) atoms. The van der Waals surface area contributed by atoms with Gasteiger partial charge in [0.2, 0.25) is 5.88 Å². The minimum absolute atomic E-state index is 0.108. The van der Waals surface area contributed by atoms with Gasteiger partial charge in [0.1, 0.15) is 24.8 Å². The predicted octanol–water partition coefficient (Wildman–Crippen LogP) is 1.91. The number of aryl methyl sites for hydroxylation is 1. The zero-order valence-corrected chi connectivity index (χ0v) is 17.5. The Balaban J connectivity index is 1.18. The van der Waals surface area contributed by atoms with Gasteiger partial charge in [0.15, 0.2) is 11.5 Å². The molecule has 10 nitrogen and oxygen atoms in total. The van der Waals surface area contributed by atoms with E-state index < -0.39 is 0 Å². The highest BCUT2D eigenvalue weighted by Gasteiger charge is 2.30. The van der Waals surface area contributed by atoms with Gasteiger partial charge in [-0.1, -0.05) is 5.16 Å². The lowest BCUT2D eigenvalue weighted by Gasteiger charge is -2.18. The molecule has 0 radical (unpaired) electrons. The van der Waals surface area contributed by atoms with Crippen LogP contribution in [0.1, 0.15) is 41.1 Å². The maximum absolute atomic E-state index is 12.8. The fourth-order valence-corrected chi connectivity index (χ4v) is 4.06. The molecule has 1 amide bonds. The van der Waals surface area contributed by atoms with Gasteiger partial charge in [-0.25, -0.2) is 9.97 Å². The summed E-state index contributed by atoms with van der Waals surface area (Å²) in [6.07, 6.45) is 8.23. The molecule has 2 aliphatic rings. The van der Waals surface area contributed by atoms with Gasteiger partial charge in [0, 0.05) is 44.4 Å². The summed E-state index contributed by atoms with van der Waals surface area (Å²) in [4.78, 5) is 25.4. The average Bonchev–Trinajstić information content (AvgIpc) is 3.57. The van der Waals surface area contributed by atoms with E-state index in [1.807, 2.05) is 19.2 Å². The molecular weight excluding hydrogens is 398 g/mol. The maximum atomic E-state index is 12.8. The van der Waals surface area contributed by atoms with Crippen LogP contribution in [0.25, 0.3) is 0 Å². The van der Waals surface area contributed by atoms with Gasteiger partial charge < -0.3 is 19.1 Å². The molecule has 3 aromatic rings. The van der Waals surface area contributed by atoms with Gasteiger partial charge in [-0.15, -0.1) is 0 Å². The molecule has 1 unspecified atom stereocenters.